The Hall–Kier alpha value is 0. The van der Waals surface area contributed by atoms with E-state index in [9.17, 15) is 0 Å². The molecule has 0 nitrogen and oxygen atoms in total. The molecule has 0 aromatic carbocycles. The van der Waals surface area contributed by atoms with Crippen molar-refractivity contribution in [3.8, 4) is 0 Å². The molecule has 0 heteroatoms. The van der Waals surface area contributed by atoms with Crippen LogP contribution in [0.25, 0.3) is 0 Å². The van der Waals surface area contributed by atoms with E-state index < -0.39 is 0 Å². The van der Waals surface area contributed by atoms with Crippen molar-refractivity contribution in [2.45, 2.75) is 125 Å². The maximum absolute atomic E-state index is 2.74. The first-order chi connectivity index (χ1) is 13.1. The molecule has 0 radical (unpaired) electrons. The Bertz CT molecular complexity index is 437. The molecule has 0 heterocycles. The summed E-state index contributed by atoms with van der Waals surface area (Å²) in [6.07, 6.45) is 21.8. The molecule has 4 fully saturated rings. The standard InChI is InChI=1S/C25H44.C2H6/c1-18(2)8-4-6-10-20-13-15-24-23-14-12-19-9-5-7-11-21(19)22(23)16-17-25(20,24)3;1-2/h18-24H,4-17H2,1-3H3;1-2H3. The Morgan fingerprint density at radius 2 is 1.56 bits per heavy atom. The van der Waals surface area contributed by atoms with Gasteiger partial charge in [0.2, 0.25) is 0 Å². The van der Waals surface area contributed by atoms with Gasteiger partial charge in [-0.25, -0.2) is 0 Å². The summed E-state index contributed by atoms with van der Waals surface area (Å²) < 4.78 is 0. The van der Waals surface area contributed by atoms with Crippen molar-refractivity contribution in [1.82, 2.24) is 0 Å². The Labute approximate surface area is 171 Å². The van der Waals surface area contributed by atoms with Crippen LogP contribution in [0, 0.1) is 46.8 Å². The Balaban J connectivity index is 0.00000102. The van der Waals surface area contributed by atoms with Crippen molar-refractivity contribution in [2.24, 2.45) is 46.8 Å². The molecule has 0 amide bonds. The fraction of sp³-hybridized carbons (Fsp3) is 1.00. The van der Waals surface area contributed by atoms with Gasteiger partial charge in [-0.05, 0) is 98.2 Å². The smallest absolute Gasteiger partial charge is 0.0266 e. The van der Waals surface area contributed by atoms with E-state index in [4.69, 9.17) is 0 Å². The van der Waals surface area contributed by atoms with Crippen molar-refractivity contribution in [2.75, 3.05) is 0 Å². The molecule has 4 aliphatic rings. The van der Waals surface area contributed by atoms with Crippen LogP contribution in [0.2, 0.25) is 0 Å². The summed E-state index contributed by atoms with van der Waals surface area (Å²) in [5.74, 6) is 7.59. The third-order valence-corrected chi connectivity index (χ3v) is 9.66. The first-order valence-electron chi connectivity index (χ1n) is 13.1. The van der Waals surface area contributed by atoms with Crippen molar-refractivity contribution >= 4 is 0 Å². The molecule has 7 atom stereocenters. The molecule has 0 aliphatic heterocycles. The summed E-state index contributed by atoms with van der Waals surface area (Å²) in [4.78, 5) is 0. The van der Waals surface area contributed by atoms with Gasteiger partial charge in [-0.1, -0.05) is 73.1 Å². The monoisotopic (exact) mass is 374 g/mol. The van der Waals surface area contributed by atoms with Crippen molar-refractivity contribution < 1.29 is 0 Å². The van der Waals surface area contributed by atoms with Crippen molar-refractivity contribution in [3.05, 3.63) is 0 Å². The van der Waals surface area contributed by atoms with E-state index >= 15 is 0 Å². The van der Waals surface area contributed by atoms with Crippen LogP contribution in [-0.2, 0) is 0 Å². The number of hydrogen-bond donors (Lipinski definition) is 0. The molecular formula is C27H50. The normalized spacial score (nSPS) is 43.3. The third-order valence-electron chi connectivity index (χ3n) is 9.66. The lowest BCUT2D eigenvalue weighted by Crippen LogP contribution is -2.48. The van der Waals surface area contributed by atoms with Crippen LogP contribution in [0.1, 0.15) is 125 Å². The summed E-state index contributed by atoms with van der Waals surface area (Å²) in [5.41, 5.74) is 0.723. The van der Waals surface area contributed by atoms with Crippen molar-refractivity contribution in [3.63, 3.8) is 0 Å². The van der Waals surface area contributed by atoms with E-state index in [0.717, 1.165) is 46.8 Å². The summed E-state index contributed by atoms with van der Waals surface area (Å²) in [6.45, 7) is 11.5. The quantitative estimate of drug-likeness (QED) is 0.421. The van der Waals surface area contributed by atoms with E-state index in [1.807, 2.05) is 13.8 Å². The van der Waals surface area contributed by atoms with Crippen LogP contribution in [0.5, 0.6) is 0 Å². The van der Waals surface area contributed by atoms with Gasteiger partial charge in [0.1, 0.15) is 0 Å². The van der Waals surface area contributed by atoms with Gasteiger partial charge in [0, 0.05) is 0 Å². The zero-order valence-electron chi connectivity index (χ0n) is 19.4. The Morgan fingerprint density at radius 3 is 2.33 bits per heavy atom. The largest absolute Gasteiger partial charge is 0.0683 e. The molecule has 0 aromatic heterocycles. The van der Waals surface area contributed by atoms with E-state index in [0.29, 0.717) is 0 Å². The lowest BCUT2D eigenvalue weighted by atomic mass is 9.49. The van der Waals surface area contributed by atoms with Crippen LogP contribution in [0.15, 0.2) is 0 Å². The highest BCUT2D eigenvalue weighted by Crippen LogP contribution is 2.64. The second-order valence-corrected chi connectivity index (χ2v) is 11.2. The molecule has 4 saturated carbocycles. The van der Waals surface area contributed by atoms with Gasteiger partial charge < -0.3 is 0 Å². The van der Waals surface area contributed by atoms with Gasteiger partial charge in [-0.15, -0.1) is 0 Å². The molecule has 158 valence electrons. The zero-order chi connectivity index (χ0) is 19.4. The molecule has 0 bridgehead atoms. The maximum atomic E-state index is 2.74. The average molecular weight is 375 g/mol. The van der Waals surface area contributed by atoms with E-state index in [1.165, 1.54) is 25.7 Å². The summed E-state index contributed by atoms with van der Waals surface area (Å²) >= 11 is 0. The first-order valence-corrected chi connectivity index (χ1v) is 13.1. The number of unbranched alkanes of at least 4 members (excludes halogenated alkanes) is 1. The highest BCUT2D eigenvalue weighted by atomic mass is 14.6. The molecule has 7 unspecified atom stereocenters. The van der Waals surface area contributed by atoms with Gasteiger partial charge in [0.05, 0.1) is 0 Å². The number of hydrogen-bond acceptors (Lipinski definition) is 0. The highest BCUT2D eigenvalue weighted by Gasteiger charge is 2.56. The minimum absolute atomic E-state index is 0.723. The molecule has 27 heavy (non-hydrogen) atoms. The molecule has 0 spiro atoms. The molecule has 0 aromatic rings. The molecule has 0 N–H and O–H groups in total. The topological polar surface area (TPSA) is 0 Å². The highest BCUT2D eigenvalue weighted by molar-refractivity contribution is 5.05. The molecule has 0 saturated heterocycles. The fourth-order valence-corrected chi connectivity index (χ4v) is 8.35. The predicted molar refractivity (Wildman–Crippen MR) is 120 cm³/mol. The fourth-order valence-electron chi connectivity index (χ4n) is 8.35. The van der Waals surface area contributed by atoms with Gasteiger partial charge >= 0.3 is 0 Å². The van der Waals surface area contributed by atoms with Crippen LogP contribution >= 0.6 is 0 Å². The van der Waals surface area contributed by atoms with Crippen LogP contribution < -0.4 is 0 Å². The minimum Gasteiger partial charge on any atom is -0.0683 e. The van der Waals surface area contributed by atoms with Crippen LogP contribution in [-0.4, -0.2) is 0 Å². The lowest BCUT2D eigenvalue weighted by molar-refractivity contribution is -0.0630. The van der Waals surface area contributed by atoms with Gasteiger partial charge in [0.25, 0.3) is 0 Å². The zero-order valence-corrected chi connectivity index (χ0v) is 19.4. The summed E-state index contributed by atoms with van der Waals surface area (Å²) in [6, 6.07) is 0. The van der Waals surface area contributed by atoms with Gasteiger partial charge in [-0.2, -0.15) is 0 Å². The second-order valence-electron chi connectivity index (χ2n) is 11.2. The van der Waals surface area contributed by atoms with E-state index in [-0.39, 0.29) is 0 Å². The summed E-state index contributed by atoms with van der Waals surface area (Å²) in [7, 11) is 0. The number of fused-ring (bicyclic) bond motifs is 5. The minimum atomic E-state index is 0.723. The second kappa shape index (κ2) is 9.67. The molecular weight excluding hydrogens is 324 g/mol. The van der Waals surface area contributed by atoms with Crippen LogP contribution in [0.4, 0.5) is 0 Å². The SMILES string of the molecule is CC.CC(C)CCCCC1CCC2C3CCC4CCCCC4C3CCC12C. The van der Waals surface area contributed by atoms with E-state index in [2.05, 4.69) is 20.8 Å². The maximum Gasteiger partial charge on any atom is -0.0266 e. The van der Waals surface area contributed by atoms with Gasteiger partial charge in [0.15, 0.2) is 0 Å². The first kappa shape index (κ1) is 21.7. The number of rotatable bonds is 5. The summed E-state index contributed by atoms with van der Waals surface area (Å²) in [5, 5.41) is 0. The average Bonchev–Trinajstić information content (AvgIpc) is 3.03. The predicted octanol–water partition coefficient (Wildman–Crippen LogP) is 8.89. The van der Waals surface area contributed by atoms with E-state index in [1.54, 1.807) is 64.2 Å². The third kappa shape index (κ3) is 4.45. The lowest BCUT2D eigenvalue weighted by Gasteiger charge is -2.56. The van der Waals surface area contributed by atoms with Gasteiger partial charge in [-0.3, -0.25) is 0 Å². The Kier molecular flexibility index (Phi) is 7.77. The molecule has 4 aliphatic carbocycles. The Morgan fingerprint density at radius 1 is 0.778 bits per heavy atom. The van der Waals surface area contributed by atoms with Crippen LogP contribution in [0.3, 0.4) is 0 Å². The van der Waals surface area contributed by atoms with Crippen molar-refractivity contribution in [1.29, 1.82) is 0 Å². The molecule has 4 rings (SSSR count).